The Morgan fingerprint density at radius 1 is 0.895 bits per heavy atom. The molecule has 1 heteroatoms. The monoisotopic (exact) mass is 261 g/mol. The molecule has 0 saturated heterocycles. The highest BCUT2D eigenvalue weighted by molar-refractivity contribution is 5.23. The molecule has 0 aliphatic heterocycles. The Kier molecular flexibility index (Phi) is 8.57. The first kappa shape index (κ1) is 16.2. The van der Waals surface area contributed by atoms with Crippen LogP contribution in [0, 0.1) is 0 Å². The van der Waals surface area contributed by atoms with E-state index in [0.29, 0.717) is 6.04 Å². The third-order valence-corrected chi connectivity index (χ3v) is 3.63. The zero-order valence-electron chi connectivity index (χ0n) is 13.0. The van der Waals surface area contributed by atoms with E-state index in [1.165, 1.54) is 49.7 Å². The quantitative estimate of drug-likeness (QED) is 0.600. The minimum Gasteiger partial charge on any atom is -0.314 e. The molecule has 1 aromatic rings. The lowest BCUT2D eigenvalue weighted by molar-refractivity contribution is 0.543. The van der Waals surface area contributed by atoms with Crippen molar-refractivity contribution in [2.24, 2.45) is 0 Å². The number of aryl methyl sites for hydroxylation is 1. The molecule has 1 unspecified atom stereocenters. The van der Waals surface area contributed by atoms with Crippen LogP contribution in [0.3, 0.4) is 0 Å². The maximum Gasteiger partial charge on any atom is 0.00791 e. The van der Waals surface area contributed by atoms with Crippen LogP contribution in [-0.2, 0) is 12.8 Å². The fraction of sp³-hybridized carbons (Fsp3) is 0.667. The molecule has 0 fully saturated rings. The van der Waals surface area contributed by atoms with E-state index in [0.717, 1.165) is 13.0 Å². The second-order valence-corrected chi connectivity index (χ2v) is 5.69. The summed E-state index contributed by atoms with van der Waals surface area (Å²) in [5, 5.41) is 3.54. The normalized spacial score (nSPS) is 12.6. The summed E-state index contributed by atoms with van der Waals surface area (Å²) in [5.74, 6) is 0. The van der Waals surface area contributed by atoms with Gasteiger partial charge in [0.05, 0.1) is 0 Å². The fourth-order valence-electron chi connectivity index (χ4n) is 2.41. The number of unbranched alkanes of at least 4 members (excludes halogenated alkanes) is 3. The van der Waals surface area contributed by atoms with Crippen LogP contribution in [0.2, 0.25) is 0 Å². The first-order valence-corrected chi connectivity index (χ1v) is 8.07. The van der Waals surface area contributed by atoms with Crippen LogP contribution in [-0.4, -0.2) is 12.6 Å². The van der Waals surface area contributed by atoms with Gasteiger partial charge in [-0.2, -0.15) is 0 Å². The Balaban J connectivity index is 2.30. The first-order valence-electron chi connectivity index (χ1n) is 8.07. The van der Waals surface area contributed by atoms with Gasteiger partial charge in [-0.3, -0.25) is 0 Å². The van der Waals surface area contributed by atoms with Crippen LogP contribution in [0.1, 0.15) is 64.0 Å². The molecule has 0 heterocycles. The van der Waals surface area contributed by atoms with Crippen LogP contribution in [0.25, 0.3) is 0 Å². The molecule has 19 heavy (non-hydrogen) atoms. The van der Waals surface area contributed by atoms with Gasteiger partial charge in [0.2, 0.25) is 0 Å². The molecule has 1 aromatic carbocycles. The summed E-state index contributed by atoms with van der Waals surface area (Å²) < 4.78 is 0. The van der Waals surface area contributed by atoms with E-state index in [2.05, 4.69) is 50.4 Å². The van der Waals surface area contributed by atoms with E-state index in [1.54, 1.807) is 0 Å². The fourth-order valence-corrected chi connectivity index (χ4v) is 2.41. The standard InChI is InChI=1S/C18H31N/c1-4-6-7-8-9-17-10-12-18(13-11-17)15-16(3)19-14-5-2/h10-13,16,19H,4-9,14-15H2,1-3H3. The van der Waals surface area contributed by atoms with Gasteiger partial charge in [0.1, 0.15) is 0 Å². The zero-order valence-corrected chi connectivity index (χ0v) is 13.0. The van der Waals surface area contributed by atoms with Crippen molar-refractivity contribution in [2.45, 2.75) is 71.8 Å². The molecule has 108 valence electrons. The van der Waals surface area contributed by atoms with Gasteiger partial charge in [0.15, 0.2) is 0 Å². The minimum absolute atomic E-state index is 0.579. The van der Waals surface area contributed by atoms with Crippen LogP contribution >= 0.6 is 0 Å². The van der Waals surface area contributed by atoms with E-state index < -0.39 is 0 Å². The highest BCUT2D eigenvalue weighted by Gasteiger charge is 2.02. The summed E-state index contributed by atoms with van der Waals surface area (Å²) in [4.78, 5) is 0. The van der Waals surface area contributed by atoms with E-state index >= 15 is 0 Å². The van der Waals surface area contributed by atoms with E-state index in [9.17, 15) is 0 Å². The summed E-state index contributed by atoms with van der Waals surface area (Å²) in [5.41, 5.74) is 2.95. The van der Waals surface area contributed by atoms with Crippen LogP contribution in [0.4, 0.5) is 0 Å². The van der Waals surface area contributed by atoms with Crippen molar-refractivity contribution < 1.29 is 0 Å². The lowest BCUT2D eigenvalue weighted by atomic mass is 10.0. The molecule has 1 atom stereocenters. The molecular formula is C18H31N. The average molecular weight is 261 g/mol. The van der Waals surface area contributed by atoms with Crippen molar-refractivity contribution in [1.82, 2.24) is 5.32 Å². The maximum absolute atomic E-state index is 3.54. The zero-order chi connectivity index (χ0) is 13.9. The summed E-state index contributed by atoms with van der Waals surface area (Å²) >= 11 is 0. The molecule has 0 bridgehead atoms. The van der Waals surface area contributed by atoms with Gasteiger partial charge in [-0.25, -0.2) is 0 Å². The van der Waals surface area contributed by atoms with E-state index in [1.807, 2.05) is 0 Å². The van der Waals surface area contributed by atoms with Gasteiger partial charge in [-0.05, 0) is 50.3 Å². The predicted molar refractivity (Wildman–Crippen MR) is 85.7 cm³/mol. The molecule has 0 spiro atoms. The van der Waals surface area contributed by atoms with Crippen molar-refractivity contribution in [3.8, 4) is 0 Å². The third kappa shape index (κ3) is 7.37. The molecule has 1 nitrogen and oxygen atoms in total. The summed E-state index contributed by atoms with van der Waals surface area (Å²) in [6.45, 7) is 7.88. The van der Waals surface area contributed by atoms with Crippen molar-refractivity contribution >= 4 is 0 Å². The Morgan fingerprint density at radius 2 is 1.58 bits per heavy atom. The molecule has 0 amide bonds. The number of hydrogen-bond donors (Lipinski definition) is 1. The van der Waals surface area contributed by atoms with Gasteiger partial charge < -0.3 is 5.32 Å². The molecule has 0 aliphatic carbocycles. The number of nitrogens with one attached hydrogen (secondary N) is 1. The number of rotatable bonds is 10. The van der Waals surface area contributed by atoms with Crippen LogP contribution in [0.15, 0.2) is 24.3 Å². The van der Waals surface area contributed by atoms with E-state index in [4.69, 9.17) is 0 Å². The highest BCUT2D eigenvalue weighted by Crippen LogP contribution is 2.11. The number of hydrogen-bond acceptors (Lipinski definition) is 1. The van der Waals surface area contributed by atoms with Crippen LogP contribution in [0.5, 0.6) is 0 Å². The van der Waals surface area contributed by atoms with Crippen molar-refractivity contribution in [3.63, 3.8) is 0 Å². The van der Waals surface area contributed by atoms with Gasteiger partial charge in [0, 0.05) is 6.04 Å². The summed E-state index contributed by atoms with van der Waals surface area (Å²) in [7, 11) is 0. The molecular weight excluding hydrogens is 230 g/mol. The van der Waals surface area contributed by atoms with Crippen LogP contribution < -0.4 is 5.32 Å². The van der Waals surface area contributed by atoms with Crippen molar-refractivity contribution in [3.05, 3.63) is 35.4 Å². The second-order valence-electron chi connectivity index (χ2n) is 5.69. The Bertz CT molecular complexity index is 315. The second kappa shape index (κ2) is 10.0. The predicted octanol–water partition coefficient (Wildman–Crippen LogP) is 4.74. The first-order chi connectivity index (χ1) is 9.26. The van der Waals surface area contributed by atoms with Gasteiger partial charge >= 0.3 is 0 Å². The Morgan fingerprint density at radius 3 is 2.21 bits per heavy atom. The average Bonchev–Trinajstić information content (AvgIpc) is 2.43. The highest BCUT2D eigenvalue weighted by atomic mass is 14.9. The number of benzene rings is 1. The van der Waals surface area contributed by atoms with Gasteiger partial charge in [-0.15, -0.1) is 0 Å². The molecule has 1 rings (SSSR count). The molecule has 0 aromatic heterocycles. The lowest BCUT2D eigenvalue weighted by Gasteiger charge is -2.13. The molecule has 0 aliphatic rings. The Labute approximate surface area is 119 Å². The smallest absolute Gasteiger partial charge is 0.00791 e. The molecule has 0 saturated carbocycles. The van der Waals surface area contributed by atoms with Crippen molar-refractivity contribution in [1.29, 1.82) is 0 Å². The SMILES string of the molecule is CCCCCCc1ccc(CC(C)NCCC)cc1. The van der Waals surface area contributed by atoms with E-state index in [-0.39, 0.29) is 0 Å². The maximum atomic E-state index is 3.54. The summed E-state index contributed by atoms with van der Waals surface area (Å²) in [6, 6.07) is 9.82. The third-order valence-electron chi connectivity index (χ3n) is 3.63. The minimum atomic E-state index is 0.579. The lowest BCUT2D eigenvalue weighted by Crippen LogP contribution is -2.28. The van der Waals surface area contributed by atoms with Crippen molar-refractivity contribution in [2.75, 3.05) is 6.54 Å². The summed E-state index contributed by atoms with van der Waals surface area (Å²) in [6.07, 6.45) is 8.99. The molecule has 1 N–H and O–H groups in total. The van der Waals surface area contributed by atoms with Gasteiger partial charge in [-0.1, -0.05) is 57.4 Å². The molecule has 0 radical (unpaired) electrons. The van der Waals surface area contributed by atoms with Gasteiger partial charge in [0.25, 0.3) is 0 Å². The Hall–Kier alpha value is -0.820. The largest absolute Gasteiger partial charge is 0.314 e. The topological polar surface area (TPSA) is 12.0 Å².